The molecule has 20 heavy (non-hydrogen) atoms. The second-order valence-corrected chi connectivity index (χ2v) is 5.44. The second kappa shape index (κ2) is 6.09. The second-order valence-electron chi connectivity index (χ2n) is 5.44. The van der Waals surface area contributed by atoms with Gasteiger partial charge in [-0.1, -0.05) is 29.8 Å². The lowest BCUT2D eigenvalue weighted by molar-refractivity contribution is 0.396. The van der Waals surface area contributed by atoms with Gasteiger partial charge in [-0.2, -0.15) is 5.10 Å². The Morgan fingerprint density at radius 3 is 2.70 bits per heavy atom. The van der Waals surface area contributed by atoms with E-state index < -0.39 is 0 Å². The number of aryl methyl sites for hydroxylation is 1. The van der Waals surface area contributed by atoms with E-state index in [1.807, 2.05) is 4.68 Å². The van der Waals surface area contributed by atoms with Crippen LogP contribution >= 0.6 is 0 Å². The number of nitrogens with zero attached hydrogens (tertiary/aromatic N) is 2. The minimum atomic E-state index is -0.128. The first-order valence-corrected chi connectivity index (χ1v) is 6.95. The molecule has 0 saturated carbocycles. The zero-order valence-electron chi connectivity index (χ0n) is 12.6. The van der Waals surface area contributed by atoms with Crippen LogP contribution in [0.4, 0.5) is 0 Å². The quantitative estimate of drug-likeness (QED) is 0.911. The van der Waals surface area contributed by atoms with Gasteiger partial charge in [0.2, 0.25) is 0 Å². The van der Waals surface area contributed by atoms with E-state index in [0.29, 0.717) is 0 Å². The molecule has 0 bridgehead atoms. The van der Waals surface area contributed by atoms with Gasteiger partial charge in [-0.3, -0.25) is 4.68 Å². The molecule has 1 unspecified atom stereocenters. The largest absolute Gasteiger partial charge is 0.493 e. The van der Waals surface area contributed by atoms with E-state index >= 15 is 0 Å². The van der Waals surface area contributed by atoms with Gasteiger partial charge >= 0.3 is 0 Å². The first-order valence-electron chi connectivity index (χ1n) is 6.95. The molecule has 0 aliphatic heterocycles. The average molecular weight is 273 g/mol. The highest BCUT2D eigenvalue weighted by atomic mass is 16.5. The summed E-state index contributed by atoms with van der Waals surface area (Å²) >= 11 is 0. The summed E-state index contributed by atoms with van der Waals surface area (Å²) in [7, 11) is 1.66. The van der Waals surface area contributed by atoms with Crippen molar-refractivity contribution in [2.75, 3.05) is 7.11 Å². The molecule has 0 saturated heterocycles. The Morgan fingerprint density at radius 2 is 2.10 bits per heavy atom. The van der Waals surface area contributed by atoms with Gasteiger partial charge < -0.3 is 10.5 Å². The van der Waals surface area contributed by atoms with Crippen molar-refractivity contribution in [3.63, 3.8) is 0 Å². The summed E-state index contributed by atoms with van der Waals surface area (Å²) < 4.78 is 7.34. The topological polar surface area (TPSA) is 53.1 Å². The fourth-order valence-electron chi connectivity index (χ4n) is 2.47. The van der Waals surface area contributed by atoms with Gasteiger partial charge in [0.05, 0.1) is 25.0 Å². The lowest BCUT2D eigenvalue weighted by Crippen LogP contribution is -2.20. The molecule has 1 aromatic heterocycles. The number of hydrogen-bond donors (Lipinski definition) is 1. The number of methoxy groups -OCH3 is 1. The van der Waals surface area contributed by atoms with Crippen LogP contribution in [0.3, 0.4) is 0 Å². The summed E-state index contributed by atoms with van der Waals surface area (Å²) in [5.41, 5.74) is 9.84. The molecule has 2 rings (SSSR count). The average Bonchev–Trinajstić information content (AvgIpc) is 2.82. The molecule has 108 valence electrons. The van der Waals surface area contributed by atoms with Crippen LogP contribution in [0.2, 0.25) is 0 Å². The highest BCUT2D eigenvalue weighted by Crippen LogP contribution is 2.28. The van der Waals surface area contributed by atoms with Crippen LogP contribution in [0, 0.1) is 6.92 Å². The highest BCUT2D eigenvalue weighted by Gasteiger charge is 2.20. The monoisotopic (exact) mass is 273 g/mol. The maximum atomic E-state index is 6.40. The molecular formula is C16H23N3O. The Labute approximate surface area is 120 Å². The van der Waals surface area contributed by atoms with Crippen LogP contribution in [0.15, 0.2) is 30.5 Å². The number of nitrogens with two attached hydrogens (primary N) is 1. The van der Waals surface area contributed by atoms with E-state index in [-0.39, 0.29) is 12.1 Å². The van der Waals surface area contributed by atoms with E-state index in [4.69, 9.17) is 10.5 Å². The van der Waals surface area contributed by atoms with E-state index in [1.54, 1.807) is 13.3 Å². The summed E-state index contributed by atoms with van der Waals surface area (Å²) in [6, 6.07) is 8.56. The van der Waals surface area contributed by atoms with Crippen LogP contribution in [0.1, 0.15) is 42.8 Å². The number of hydrogen-bond acceptors (Lipinski definition) is 3. The molecule has 1 heterocycles. The van der Waals surface area contributed by atoms with Crippen LogP contribution in [-0.4, -0.2) is 16.9 Å². The molecule has 0 fully saturated rings. The van der Waals surface area contributed by atoms with Crippen molar-refractivity contribution in [1.29, 1.82) is 0 Å². The summed E-state index contributed by atoms with van der Waals surface area (Å²) in [5, 5.41) is 4.38. The summed E-state index contributed by atoms with van der Waals surface area (Å²) in [6.45, 7) is 6.28. The maximum Gasteiger partial charge on any atom is 0.161 e. The summed E-state index contributed by atoms with van der Waals surface area (Å²) in [4.78, 5) is 0. The van der Waals surface area contributed by atoms with E-state index in [1.165, 1.54) is 11.1 Å². The normalized spacial score (nSPS) is 12.7. The SMILES string of the molecule is COc1cnn(C(C)C)c1C(N)Cc1cccc(C)c1. The van der Waals surface area contributed by atoms with Crippen molar-refractivity contribution in [3.05, 3.63) is 47.3 Å². The predicted octanol–water partition coefficient (Wildman–Crippen LogP) is 3.02. The number of ether oxygens (including phenoxy) is 1. The van der Waals surface area contributed by atoms with Crippen molar-refractivity contribution < 1.29 is 4.74 Å². The molecule has 0 spiro atoms. The van der Waals surface area contributed by atoms with Crippen molar-refractivity contribution in [2.45, 2.75) is 39.3 Å². The van der Waals surface area contributed by atoms with Gasteiger partial charge in [-0.25, -0.2) is 0 Å². The molecular weight excluding hydrogens is 250 g/mol. The zero-order valence-corrected chi connectivity index (χ0v) is 12.6. The molecule has 1 aromatic carbocycles. The lowest BCUT2D eigenvalue weighted by Gasteiger charge is -2.18. The molecule has 0 aliphatic carbocycles. The molecule has 0 radical (unpaired) electrons. The smallest absolute Gasteiger partial charge is 0.161 e. The van der Waals surface area contributed by atoms with Crippen LogP contribution < -0.4 is 10.5 Å². The first kappa shape index (κ1) is 14.6. The Kier molecular flexibility index (Phi) is 4.45. The third kappa shape index (κ3) is 3.02. The van der Waals surface area contributed by atoms with Gasteiger partial charge in [-0.15, -0.1) is 0 Å². The molecule has 0 aliphatic rings. The van der Waals surface area contributed by atoms with Crippen molar-refractivity contribution in [3.8, 4) is 5.75 Å². The van der Waals surface area contributed by atoms with E-state index in [0.717, 1.165) is 17.9 Å². The first-order chi connectivity index (χ1) is 9.52. The van der Waals surface area contributed by atoms with Gasteiger partial charge in [0.15, 0.2) is 5.75 Å². The van der Waals surface area contributed by atoms with Crippen molar-refractivity contribution in [2.24, 2.45) is 5.73 Å². The Hall–Kier alpha value is -1.81. The van der Waals surface area contributed by atoms with E-state index in [9.17, 15) is 0 Å². The minimum absolute atomic E-state index is 0.128. The Bertz CT molecular complexity index is 575. The summed E-state index contributed by atoms with van der Waals surface area (Å²) in [5.74, 6) is 0.763. The van der Waals surface area contributed by atoms with Crippen LogP contribution in [0.5, 0.6) is 5.75 Å². The third-order valence-corrected chi connectivity index (χ3v) is 3.40. The molecule has 0 amide bonds. The predicted molar refractivity (Wildman–Crippen MR) is 81.0 cm³/mol. The molecule has 4 heteroatoms. The van der Waals surface area contributed by atoms with Gasteiger partial charge in [0, 0.05) is 6.04 Å². The standard InChI is InChI=1S/C16H23N3O/c1-11(2)19-16(15(20-4)10-18-19)14(17)9-13-7-5-6-12(3)8-13/h5-8,10-11,14H,9,17H2,1-4H3. The zero-order chi connectivity index (χ0) is 14.7. The van der Waals surface area contributed by atoms with Gasteiger partial charge in [0.1, 0.15) is 0 Å². The third-order valence-electron chi connectivity index (χ3n) is 3.40. The maximum absolute atomic E-state index is 6.40. The van der Waals surface area contributed by atoms with Crippen LogP contribution in [-0.2, 0) is 6.42 Å². The fraction of sp³-hybridized carbons (Fsp3) is 0.438. The fourth-order valence-corrected chi connectivity index (χ4v) is 2.47. The highest BCUT2D eigenvalue weighted by molar-refractivity contribution is 5.31. The van der Waals surface area contributed by atoms with Crippen molar-refractivity contribution >= 4 is 0 Å². The summed E-state index contributed by atoms with van der Waals surface area (Å²) in [6.07, 6.45) is 2.52. The minimum Gasteiger partial charge on any atom is -0.493 e. The number of aromatic nitrogens is 2. The molecule has 4 nitrogen and oxygen atoms in total. The molecule has 2 aromatic rings. The van der Waals surface area contributed by atoms with Gasteiger partial charge in [0.25, 0.3) is 0 Å². The lowest BCUT2D eigenvalue weighted by atomic mass is 10.0. The number of rotatable bonds is 5. The van der Waals surface area contributed by atoms with Gasteiger partial charge in [-0.05, 0) is 32.8 Å². The van der Waals surface area contributed by atoms with Crippen LogP contribution in [0.25, 0.3) is 0 Å². The Balaban J connectivity index is 2.28. The van der Waals surface area contributed by atoms with E-state index in [2.05, 4.69) is 50.1 Å². The van der Waals surface area contributed by atoms with Crippen molar-refractivity contribution in [1.82, 2.24) is 9.78 Å². The molecule has 2 N–H and O–H groups in total. The molecule has 1 atom stereocenters. The Morgan fingerprint density at radius 1 is 1.35 bits per heavy atom. The number of benzene rings is 1.